The largest absolute Gasteiger partial charge is 0.469 e. The van der Waals surface area contributed by atoms with Gasteiger partial charge in [0.15, 0.2) is 0 Å². The Hall–Kier alpha value is -0.760. The highest BCUT2D eigenvalue weighted by Gasteiger charge is 2.38. The van der Waals surface area contributed by atoms with Crippen molar-refractivity contribution in [2.24, 2.45) is 11.3 Å². The summed E-state index contributed by atoms with van der Waals surface area (Å²) in [4.78, 5) is 0. The number of nitrogens with one attached hydrogen (secondary N) is 1. The molecule has 0 radical (unpaired) electrons. The van der Waals surface area contributed by atoms with E-state index in [9.17, 15) is 0 Å². The third kappa shape index (κ3) is 2.23. The first-order valence-corrected chi connectivity index (χ1v) is 7.37. The van der Waals surface area contributed by atoms with E-state index in [1.165, 1.54) is 37.0 Å². The molecule has 0 amide bonds. The lowest BCUT2D eigenvalue weighted by atomic mass is 9.90. The van der Waals surface area contributed by atoms with Crippen molar-refractivity contribution in [3.63, 3.8) is 0 Å². The first kappa shape index (κ1) is 12.3. The summed E-state index contributed by atoms with van der Waals surface area (Å²) in [6.07, 6.45) is 8.13. The van der Waals surface area contributed by atoms with E-state index in [4.69, 9.17) is 4.42 Å². The summed E-state index contributed by atoms with van der Waals surface area (Å²) in [7, 11) is 0. The first-order chi connectivity index (χ1) is 8.55. The van der Waals surface area contributed by atoms with Gasteiger partial charge < -0.3 is 9.73 Å². The molecule has 2 aliphatic rings. The molecule has 0 spiro atoms. The van der Waals surface area contributed by atoms with Crippen LogP contribution >= 0.6 is 0 Å². The standard InChI is InChI=1S/C16H25NO/c1-11-9-16(2,3)10-14(11)17-13-5-4-6-15-12(13)7-8-18-15/h7-8,11,13-14,17H,4-6,9-10H2,1-3H3. The fraction of sp³-hybridized carbons (Fsp3) is 0.750. The topological polar surface area (TPSA) is 25.2 Å². The molecule has 0 aliphatic heterocycles. The van der Waals surface area contributed by atoms with Crippen molar-refractivity contribution in [1.29, 1.82) is 0 Å². The highest BCUT2D eigenvalue weighted by molar-refractivity contribution is 5.24. The molecule has 3 rings (SSSR count). The average molecular weight is 247 g/mol. The Morgan fingerprint density at radius 1 is 1.33 bits per heavy atom. The van der Waals surface area contributed by atoms with E-state index in [-0.39, 0.29) is 0 Å². The second-order valence-corrected chi connectivity index (χ2v) is 7.07. The van der Waals surface area contributed by atoms with Gasteiger partial charge in [0.2, 0.25) is 0 Å². The van der Waals surface area contributed by atoms with Crippen LogP contribution < -0.4 is 5.32 Å². The molecule has 1 heterocycles. The van der Waals surface area contributed by atoms with E-state index < -0.39 is 0 Å². The van der Waals surface area contributed by atoms with E-state index in [1.54, 1.807) is 0 Å². The molecule has 0 bridgehead atoms. The van der Waals surface area contributed by atoms with Crippen LogP contribution in [0.15, 0.2) is 16.7 Å². The Kier molecular flexibility index (Phi) is 3.01. The molecular formula is C16H25NO. The summed E-state index contributed by atoms with van der Waals surface area (Å²) in [5.41, 5.74) is 1.92. The predicted molar refractivity (Wildman–Crippen MR) is 73.5 cm³/mol. The van der Waals surface area contributed by atoms with Gasteiger partial charge in [0.05, 0.1) is 6.26 Å². The monoisotopic (exact) mass is 247 g/mol. The molecule has 0 aromatic carbocycles. The SMILES string of the molecule is CC1CC(C)(C)CC1NC1CCCc2occc21. The third-order valence-corrected chi connectivity index (χ3v) is 4.80. The maximum atomic E-state index is 5.58. The first-order valence-electron chi connectivity index (χ1n) is 7.37. The minimum absolute atomic E-state index is 0.505. The van der Waals surface area contributed by atoms with Crippen LogP contribution in [0, 0.1) is 11.3 Å². The Morgan fingerprint density at radius 3 is 2.89 bits per heavy atom. The zero-order chi connectivity index (χ0) is 12.8. The lowest BCUT2D eigenvalue weighted by Gasteiger charge is -2.28. The Labute approximate surface area is 110 Å². The molecule has 2 nitrogen and oxygen atoms in total. The van der Waals surface area contributed by atoms with Gasteiger partial charge in [-0.3, -0.25) is 0 Å². The van der Waals surface area contributed by atoms with E-state index >= 15 is 0 Å². The molecule has 1 aromatic rings. The van der Waals surface area contributed by atoms with Gasteiger partial charge in [0.25, 0.3) is 0 Å². The fourth-order valence-electron chi connectivity index (χ4n) is 4.03. The van der Waals surface area contributed by atoms with E-state index in [0.29, 0.717) is 17.5 Å². The molecule has 1 aromatic heterocycles. The number of fused-ring (bicyclic) bond motifs is 1. The van der Waals surface area contributed by atoms with Crippen molar-refractivity contribution in [2.75, 3.05) is 0 Å². The van der Waals surface area contributed by atoms with Crippen molar-refractivity contribution in [2.45, 2.75) is 65.0 Å². The van der Waals surface area contributed by atoms with Crippen molar-refractivity contribution >= 4 is 0 Å². The molecule has 1 saturated carbocycles. The molecule has 0 saturated heterocycles. The lowest BCUT2D eigenvalue weighted by Crippen LogP contribution is -2.36. The maximum Gasteiger partial charge on any atom is 0.108 e. The quantitative estimate of drug-likeness (QED) is 0.852. The second-order valence-electron chi connectivity index (χ2n) is 7.07. The van der Waals surface area contributed by atoms with E-state index in [1.807, 2.05) is 6.26 Å². The van der Waals surface area contributed by atoms with Gasteiger partial charge in [-0.05, 0) is 43.1 Å². The highest BCUT2D eigenvalue weighted by Crippen LogP contribution is 2.42. The number of rotatable bonds is 2. The summed E-state index contributed by atoms with van der Waals surface area (Å²) in [6.45, 7) is 7.19. The maximum absolute atomic E-state index is 5.58. The molecule has 3 unspecified atom stereocenters. The highest BCUT2D eigenvalue weighted by atomic mass is 16.3. The van der Waals surface area contributed by atoms with Gasteiger partial charge in [-0.25, -0.2) is 0 Å². The average Bonchev–Trinajstić information content (AvgIpc) is 2.84. The van der Waals surface area contributed by atoms with Crippen molar-refractivity contribution in [1.82, 2.24) is 5.32 Å². The molecule has 3 atom stereocenters. The van der Waals surface area contributed by atoms with Crippen LogP contribution in [-0.4, -0.2) is 6.04 Å². The zero-order valence-corrected chi connectivity index (χ0v) is 11.8. The molecular weight excluding hydrogens is 222 g/mol. The van der Waals surface area contributed by atoms with E-state index in [2.05, 4.69) is 32.2 Å². The van der Waals surface area contributed by atoms with E-state index in [0.717, 1.165) is 12.3 Å². The summed E-state index contributed by atoms with van der Waals surface area (Å²) in [5, 5.41) is 3.91. The Morgan fingerprint density at radius 2 is 2.17 bits per heavy atom. The zero-order valence-electron chi connectivity index (χ0n) is 11.8. The van der Waals surface area contributed by atoms with Gasteiger partial charge in [0, 0.05) is 24.1 Å². The van der Waals surface area contributed by atoms with Crippen LogP contribution in [-0.2, 0) is 6.42 Å². The second kappa shape index (κ2) is 4.41. The summed E-state index contributed by atoms with van der Waals surface area (Å²) in [6, 6.07) is 3.36. The normalized spacial score (nSPS) is 34.5. The number of furan rings is 1. The number of hydrogen-bond acceptors (Lipinski definition) is 2. The van der Waals surface area contributed by atoms with Crippen LogP contribution in [0.25, 0.3) is 0 Å². The van der Waals surface area contributed by atoms with Crippen LogP contribution in [0.3, 0.4) is 0 Å². The van der Waals surface area contributed by atoms with Crippen LogP contribution in [0.2, 0.25) is 0 Å². The van der Waals surface area contributed by atoms with Crippen LogP contribution in [0.1, 0.15) is 63.8 Å². The minimum Gasteiger partial charge on any atom is -0.469 e. The summed E-state index contributed by atoms with van der Waals surface area (Å²) in [5.74, 6) is 2.00. The van der Waals surface area contributed by atoms with Gasteiger partial charge in [0.1, 0.15) is 5.76 Å². The Balaban J connectivity index is 1.72. The van der Waals surface area contributed by atoms with Crippen LogP contribution in [0.5, 0.6) is 0 Å². The fourth-order valence-corrected chi connectivity index (χ4v) is 4.03. The van der Waals surface area contributed by atoms with Crippen molar-refractivity contribution < 1.29 is 4.42 Å². The molecule has 1 fully saturated rings. The predicted octanol–water partition coefficient (Wildman–Crippen LogP) is 4.07. The van der Waals surface area contributed by atoms with Crippen molar-refractivity contribution in [3.05, 3.63) is 23.7 Å². The molecule has 2 aliphatic carbocycles. The number of aryl methyl sites for hydroxylation is 1. The third-order valence-electron chi connectivity index (χ3n) is 4.80. The molecule has 1 N–H and O–H groups in total. The smallest absolute Gasteiger partial charge is 0.108 e. The van der Waals surface area contributed by atoms with Gasteiger partial charge >= 0.3 is 0 Å². The molecule has 18 heavy (non-hydrogen) atoms. The van der Waals surface area contributed by atoms with Gasteiger partial charge in [-0.1, -0.05) is 20.8 Å². The minimum atomic E-state index is 0.505. The molecule has 100 valence electrons. The van der Waals surface area contributed by atoms with Gasteiger partial charge in [-0.15, -0.1) is 0 Å². The van der Waals surface area contributed by atoms with Crippen molar-refractivity contribution in [3.8, 4) is 0 Å². The molecule has 2 heteroatoms. The van der Waals surface area contributed by atoms with Gasteiger partial charge in [-0.2, -0.15) is 0 Å². The summed E-state index contributed by atoms with van der Waals surface area (Å²) >= 11 is 0. The number of hydrogen-bond donors (Lipinski definition) is 1. The van der Waals surface area contributed by atoms with Crippen LogP contribution in [0.4, 0.5) is 0 Å². The summed E-state index contributed by atoms with van der Waals surface area (Å²) < 4.78 is 5.58. The lowest BCUT2D eigenvalue weighted by molar-refractivity contribution is 0.329. The Bertz CT molecular complexity index is 420.